The Morgan fingerprint density at radius 1 is 0.885 bits per heavy atom. The van der Waals surface area contributed by atoms with E-state index in [0.717, 1.165) is 6.42 Å². The molecular formula is C22H29NO3. The van der Waals surface area contributed by atoms with Gasteiger partial charge in [0.05, 0.1) is 24.5 Å². The highest BCUT2D eigenvalue weighted by Crippen LogP contribution is 2.26. The molecule has 4 heteroatoms. The van der Waals surface area contributed by atoms with Crippen molar-refractivity contribution in [3.05, 3.63) is 54.1 Å². The van der Waals surface area contributed by atoms with E-state index in [-0.39, 0.29) is 5.91 Å². The molecule has 0 radical (unpaired) electrons. The molecule has 1 amide bonds. The Kier molecular flexibility index (Phi) is 7.52. The number of hydrogen-bond donors (Lipinski definition) is 1. The third-order valence-corrected chi connectivity index (χ3v) is 3.79. The highest BCUT2D eigenvalue weighted by Gasteiger charge is 2.14. The summed E-state index contributed by atoms with van der Waals surface area (Å²) in [7, 11) is 0. The molecule has 0 aromatic heterocycles. The summed E-state index contributed by atoms with van der Waals surface area (Å²) in [6.07, 6.45) is 0.946. The van der Waals surface area contributed by atoms with Gasteiger partial charge in [-0.3, -0.25) is 4.79 Å². The van der Waals surface area contributed by atoms with Crippen molar-refractivity contribution in [1.29, 1.82) is 0 Å². The molecule has 2 aromatic rings. The summed E-state index contributed by atoms with van der Waals surface area (Å²) in [4.78, 5) is 12.8. The number of benzene rings is 2. The molecule has 0 aliphatic heterocycles. The maximum atomic E-state index is 12.8. The van der Waals surface area contributed by atoms with Crippen LogP contribution in [0.1, 0.15) is 44.5 Å². The summed E-state index contributed by atoms with van der Waals surface area (Å²) in [5, 5.41) is 2.95. The van der Waals surface area contributed by atoms with E-state index in [1.807, 2.05) is 42.5 Å². The van der Waals surface area contributed by atoms with E-state index in [1.54, 1.807) is 6.07 Å². The van der Waals surface area contributed by atoms with Gasteiger partial charge < -0.3 is 14.8 Å². The Balaban J connectivity index is 2.11. The van der Waals surface area contributed by atoms with Crippen LogP contribution in [0.4, 0.5) is 5.69 Å². The number of amides is 1. The molecule has 2 aromatic carbocycles. The van der Waals surface area contributed by atoms with Crippen molar-refractivity contribution in [2.75, 3.05) is 18.5 Å². The minimum atomic E-state index is -0.203. The van der Waals surface area contributed by atoms with Crippen molar-refractivity contribution in [2.45, 2.75) is 34.1 Å². The molecular weight excluding hydrogens is 326 g/mol. The highest BCUT2D eigenvalue weighted by atomic mass is 16.5. The van der Waals surface area contributed by atoms with Gasteiger partial charge in [0, 0.05) is 0 Å². The third kappa shape index (κ3) is 6.10. The minimum absolute atomic E-state index is 0.203. The van der Waals surface area contributed by atoms with Gasteiger partial charge in [-0.05, 0) is 42.5 Å². The lowest BCUT2D eigenvalue weighted by molar-refractivity contribution is 0.102. The van der Waals surface area contributed by atoms with Gasteiger partial charge >= 0.3 is 0 Å². The quantitative estimate of drug-likeness (QED) is 0.655. The molecule has 0 saturated carbocycles. The van der Waals surface area contributed by atoms with E-state index < -0.39 is 0 Å². The zero-order valence-corrected chi connectivity index (χ0v) is 16.1. The Morgan fingerprint density at radius 2 is 1.54 bits per heavy atom. The van der Waals surface area contributed by atoms with Gasteiger partial charge in [-0.2, -0.15) is 0 Å². The summed E-state index contributed by atoms with van der Waals surface area (Å²) in [6.45, 7) is 9.67. The predicted octanol–water partition coefficient (Wildman–Crippen LogP) is 5.40. The minimum Gasteiger partial charge on any atom is -0.493 e. The van der Waals surface area contributed by atoms with Gasteiger partial charge in [-0.1, -0.05) is 52.0 Å². The van der Waals surface area contributed by atoms with Crippen LogP contribution in [-0.2, 0) is 0 Å². The Labute approximate surface area is 156 Å². The average molecular weight is 355 g/mol. The number of carbonyl (C=O) groups excluding carboxylic acids is 1. The lowest BCUT2D eigenvalue weighted by atomic mass is 10.1. The maximum absolute atomic E-state index is 12.8. The largest absolute Gasteiger partial charge is 0.493 e. The van der Waals surface area contributed by atoms with Crippen LogP contribution in [0.25, 0.3) is 0 Å². The summed E-state index contributed by atoms with van der Waals surface area (Å²) >= 11 is 0. The standard InChI is InChI=1S/C22H29NO3/c1-16(2)13-14-25-20-11-7-5-9-18(20)22(24)23-19-10-6-8-12-21(19)26-15-17(3)4/h5-12,16-17H,13-15H2,1-4H3,(H,23,24). The molecule has 0 heterocycles. The van der Waals surface area contributed by atoms with Gasteiger partial charge in [-0.15, -0.1) is 0 Å². The smallest absolute Gasteiger partial charge is 0.259 e. The highest BCUT2D eigenvalue weighted by molar-refractivity contribution is 6.06. The monoisotopic (exact) mass is 355 g/mol. The molecule has 0 aliphatic rings. The van der Waals surface area contributed by atoms with Gasteiger partial charge in [-0.25, -0.2) is 0 Å². The first-order valence-corrected chi connectivity index (χ1v) is 9.22. The topological polar surface area (TPSA) is 47.6 Å². The first kappa shape index (κ1) is 19.8. The molecule has 0 aliphatic carbocycles. The third-order valence-electron chi connectivity index (χ3n) is 3.79. The summed E-state index contributed by atoms with van der Waals surface area (Å²) in [6, 6.07) is 14.8. The summed E-state index contributed by atoms with van der Waals surface area (Å²) < 4.78 is 11.6. The Morgan fingerprint density at radius 3 is 2.23 bits per heavy atom. The molecule has 140 valence electrons. The number of carbonyl (C=O) groups is 1. The molecule has 0 bridgehead atoms. The van der Waals surface area contributed by atoms with Crippen LogP contribution in [0, 0.1) is 11.8 Å². The van der Waals surface area contributed by atoms with Gasteiger partial charge in [0.1, 0.15) is 11.5 Å². The van der Waals surface area contributed by atoms with E-state index in [0.29, 0.717) is 47.8 Å². The molecule has 0 unspecified atom stereocenters. The summed E-state index contributed by atoms with van der Waals surface area (Å²) in [5.41, 5.74) is 1.19. The van der Waals surface area contributed by atoms with Crippen molar-refractivity contribution < 1.29 is 14.3 Å². The van der Waals surface area contributed by atoms with E-state index in [9.17, 15) is 4.79 Å². The first-order valence-electron chi connectivity index (χ1n) is 9.22. The van der Waals surface area contributed by atoms with E-state index >= 15 is 0 Å². The zero-order chi connectivity index (χ0) is 18.9. The molecule has 26 heavy (non-hydrogen) atoms. The normalized spacial score (nSPS) is 10.8. The number of ether oxygens (including phenoxy) is 2. The molecule has 0 fully saturated rings. The molecule has 1 N–H and O–H groups in total. The first-order chi connectivity index (χ1) is 12.5. The van der Waals surface area contributed by atoms with Gasteiger partial charge in [0.2, 0.25) is 0 Å². The lowest BCUT2D eigenvalue weighted by Gasteiger charge is -2.15. The number of nitrogens with one attached hydrogen (secondary N) is 1. The van der Waals surface area contributed by atoms with Crippen molar-refractivity contribution in [2.24, 2.45) is 11.8 Å². The second-order valence-electron chi connectivity index (χ2n) is 7.18. The van der Waals surface area contributed by atoms with Crippen LogP contribution in [0.3, 0.4) is 0 Å². The lowest BCUT2D eigenvalue weighted by Crippen LogP contribution is -2.15. The average Bonchev–Trinajstić information content (AvgIpc) is 2.61. The maximum Gasteiger partial charge on any atom is 0.259 e. The fourth-order valence-corrected chi connectivity index (χ4v) is 2.33. The molecule has 0 saturated heterocycles. The van der Waals surface area contributed by atoms with E-state index in [1.165, 1.54) is 0 Å². The second kappa shape index (κ2) is 9.85. The van der Waals surface area contributed by atoms with Crippen LogP contribution in [-0.4, -0.2) is 19.1 Å². The van der Waals surface area contributed by atoms with Crippen LogP contribution in [0.15, 0.2) is 48.5 Å². The van der Waals surface area contributed by atoms with Gasteiger partial charge in [0.25, 0.3) is 5.91 Å². The second-order valence-corrected chi connectivity index (χ2v) is 7.18. The van der Waals surface area contributed by atoms with Crippen LogP contribution in [0.2, 0.25) is 0 Å². The molecule has 4 nitrogen and oxygen atoms in total. The fraction of sp³-hybridized carbons (Fsp3) is 0.409. The zero-order valence-electron chi connectivity index (χ0n) is 16.1. The van der Waals surface area contributed by atoms with E-state index in [4.69, 9.17) is 9.47 Å². The number of para-hydroxylation sites is 3. The Bertz CT molecular complexity index is 710. The van der Waals surface area contributed by atoms with Crippen LogP contribution >= 0.6 is 0 Å². The number of rotatable bonds is 9. The van der Waals surface area contributed by atoms with Crippen molar-refractivity contribution in [1.82, 2.24) is 0 Å². The van der Waals surface area contributed by atoms with Crippen molar-refractivity contribution in [3.8, 4) is 11.5 Å². The molecule has 2 rings (SSSR count). The van der Waals surface area contributed by atoms with Gasteiger partial charge in [0.15, 0.2) is 0 Å². The Hall–Kier alpha value is -2.49. The van der Waals surface area contributed by atoms with E-state index in [2.05, 4.69) is 33.0 Å². The van der Waals surface area contributed by atoms with Crippen molar-refractivity contribution >= 4 is 11.6 Å². The molecule has 0 spiro atoms. The molecule has 0 atom stereocenters. The van der Waals surface area contributed by atoms with Crippen LogP contribution < -0.4 is 14.8 Å². The predicted molar refractivity (Wildman–Crippen MR) is 106 cm³/mol. The number of hydrogen-bond acceptors (Lipinski definition) is 3. The van der Waals surface area contributed by atoms with Crippen molar-refractivity contribution in [3.63, 3.8) is 0 Å². The van der Waals surface area contributed by atoms with Crippen LogP contribution in [0.5, 0.6) is 11.5 Å². The number of anilines is 1. The fourth-order valence-electron chi connectivity index (χ4n) is 2.33. The SMILES string of the molecule is CC(C)CCOc1ccccc1C(=O)Nc1ccccc1OCC(C)C. The summed E-state index contributed by atoms with van der Waals surface area (Å²) in [5.74, 6) is 2.04.